The Kier molecular flexibility index (Phi) is 7.57. The molecule has 0 aliphatic heterocycles. The second-order valence-corrected chi connectivity index (χ2v) is 5.57. The van der Waals surface area contributed by atoms with E-state index in [2.05, 4.69) is 22.4 Å². The fraction of sp³-hybridized carbons (Fsp3) is 0.158. The van der Waals surface area contributed by atoms with Gasteiger partial charge in [0, 0.05) is 12.1 Å². The molecular weight excluding hydrogens is 353 g/mol. The first-order valence-electron chi connectivity index (χ1n) is 7.86. The first kappa shape index (κ1) is 19.4. The zero-order valence-corrected chi connectivity index (χ0v) is 15.2. The van der Waals surface area contributed by atoms with Gasteiger partial charge in [-0.25, -0.2) is 4.39 Å². The Labute approximate surface area is 157 Å². The first-order chi connectivity index (χ1) is 12.6. The maximum absolute atomic E-state index is 13.0. The molecule has 0 bridgehead atoms. The van der Waals surface area contributed by atoms with Crippen LogP contribution in [0.1, 0.15) is 11.1 Å². The maximum Gasteiger partial charge on any atom is 0.187 e. The molecule has 0 atom stereocenters. The van der Waals surface area contributed by atoms with Crippen molar-refractivity contribution >= 4 is 23.5 Å². The second-order valence-electron chi connectivity index (χ2n) is 5.16. The molecular formula is C19H20FN3O2S. The molecule has 0 aliphatic carbocycles. The number of methoxy groups -OCH3 is 1. The van der Waals surface area contributed by atoms with Crippen molar-refractivity contribution in [2.45, 2.75) is 6.61 Å². The summed E-state index contributed by atoms with van der Waals surface area (Å²) < 4.78 is 24.2. The summed E-state index contributed by atoms with van der Waals surface area (Å²) in [6.45, 7) is 4.42. The molecule has 0 aromatic heterocycles. The van der Waals surface area contributed by atoms with E-state index in [1.54, 1.807) is 37.6 Å². The van der Waals surface area contributed by atoms with E-state index in [9.17, 15) is 4.39 Å². The van der Waals surface area contributed by atoms with Gasteiger partial charge in [0.2, 0.25) is 0 Å². The summed E-state index contributed by atoms with van der Waals surface area (Å²) in [6, 6.07) is 11.6. The van der Waals surface area contributed by atoms with Crippen LogP contribution in [0.15, 0.2) is 60.2 Å². The molecule has 2 rings (SSSR count). The minimum atomic E-state index is -0.286. The Bertz CT molecular complexity index is 779. The predicted molar refractivity (Wildman–Crippen MR) is 105 cm³/mol. The SMILES string of the molecule is C=CCNC(=S)N/N=C/c1cccc(OC)c1OCc1ccc(F)cc1. The van der Waals surface area contributed by atoms with Crippen LogP contribution < -0.4 is 20.2 Å². The molecule has 2 N–H and O–H groups in total. The van der Waals surface area contributed by atoms with Gasteiger partial charge in [0.15, 0.2) is 16.6 Å². The highest BCUT2D eigenvalue weighted by atomic mass is 32.1. The number of benzene rings is 2. The van der Waals surface area contributed by atoms with E-state index >= 15 is 0 Å². The number of hydrogen-bond donors (Lipinski definition) is 2. The van der Waals surface area contributed by atoms with E-state index in [0.29, 0.717) is 28.7 Å². The highest BCUT2D eigenvalue weighted by molar-refractivity contribution is 7.80. The Morgan fingerprint density at radius 1 is 1.27 bits per heavy atom. The summed E-state index contributed by atoms with van der Waals surface area (Å²) in [5, 5.41) is 7.39. The highest BCUT2D eigenvalue weighted by Crippen LogP contribution is 2.30. The third kappa shape index (κ3) is 5.86. The Morgan fingerprint density at radius 3 is 2.73 bits per heavy atom. The van der Waals surface area contributed by atoms with Crippen molar-refractivity contribution in [2.75, 3.05) is 13.7 Å². The molecule has 0 heterocycles. The molecule has 0 saturated carbocycles. The van der Waals surface area contributed by atoms with Crippen LogP contribution >= 0.6 is 12.2 Å². The molecule has 0 fully saturated rings. The van der Waals surface area contributed by atoms with Gasteiger partial charge >= 0.3 is 0 Å². The fourth-order valence-corrected chi connectivity index (χ4v) is 2.19. The molecule has 7 heteroatoms. The second kappa shape index (κ2) is 10.1. The van der Waals surface area contributed by atoms with E-state index in [1.165, 1.54) is 12.1 Å². The van der Waals surface area contributed by atoms with Crippen LogP contribution in [0.5, 0.6) is 11.5 Å². The molecule has 0 saturated heterocycles. The smallest absolute Gasteiger partial charge is 0.187 e. The minimum Gasteiger partial charge on any atom is -0.493 e. The average molecular weight is 373 g/mol. The minimum absolute atomic E-state index is 0.272. The van der Waals surface area contributed by atoms with E-state index in [-0.39, 0.29) is 12.4 Å². The van der Waals surface area contributed by atoms with Crippen LogP contribution in [0.2, 0.25) is 0 Å². The van der Waals surface area contributed by atoms with Crippen molar-refractivity contribution in [3.63, 3.8) is 0 Å². The summed E-state index contributed by atoms with van der Waals surface area (Å²) in [7, 11) is 1.56. The monoisotopic (exact) mass is 373 g/mol. The lowest BCUT2D eigenvalue weighted by Gasteiger charge is -2.13. The van der Waals surface area contributed by atoms with Crippen LogP contribution in [-0.4, -0.2) is 25.0 Å². The molecule has 0 amide bonds. The highest BCUT2D eigenvalue weighted by Gasteiger charge is 2.10. The van der Waals surface area contributed by atoms with Gasteiger partial charge in [0.05, 0.1) is 13.3 Å². The van der Waals surface area contributed by atoms with Crippen LogP contribution in [-0.2, 0) is 6.61 Å². The Balaban J connectivity index is 2.09. The average Bonchev–Trinajstić information content (AvgIpc) is 2.66. The van der Waals surface area contributed by atoms with Crippen LogP contribution in [0.3, 0.4) is 0 Å². The summed E-state index contributed by atoms with van der Waals surface area (Å²) in [5.74, 6) is 0.823. The van der Waals surface area contributed by atoms with Crippen molar-refractivity contribution < 1.29 is 13.9 Å². The number of hydrazone groups is 1. The molecule has 0 radical (unpaired) electrons. The van der Waals surface area contributed by atoms with Crippen molar-refractivity contribution in [2.24, 2.45) is 5.10 Å². The lowest BCUT2D eigenvalue weighted by Crippen LogP contribution is -2.31. The van der Waals surface area contributed by atoms with Gasteiger partial charge in [-0.05, 0) is 42.0 Å². The number of rotatable bonds is 8. The molecule has 0 spiro atoms. The Hall–Kier alpha value is -2.93. The summed E-state index contributed by atoms with van der Waals surface area (Å²) in [4.78, 5) is 0. The fourth-order valence-electron chi connectivity index (χ4n) is 2.05. The number of hydrogen-bond acceptors (Lipinski definition) is 4. The maximum atomic E-state index is 13.0. The van der Waals surface area contributed by atoms with Crippen molar-refractivity contribution in [3.05, 3.63) is 72.1 Å². The predicted octanol–water partition coefficient (Wildman–Crippen LogP) is 3.40. The zero-order valence-electron chi connectivity index (χ0n) is 14.4. The van der Waals surface area contributed by atoms with Gasteiger partial charge in [-0.2, -0.15) is 5.10 Å². The molecule has 5 nitrogen and oxygen atoms in total. The van der Waals surface area contributed by atoms with Gasteiger partial charge in [-0.15, -0.1) is 6.58 Å². The van der Waals surface area contributed by atoms with Gasteiger partial charge in [0.25, 0.3) is 0 Å². The van der Waals surface area contributed by atoms with Gasteiger partial charge in [0.1, 0.15) is 12.4 Å². The van der Waals surface area contributed by atoms with Crippen molar-refractivity contribution in [3.8, 4) is 11.5 Å². The van der Waals surface area contributed by atoms with Gasteiger partial charge < -0.3 is 14.8 Å². The Morgan fingerprint density at radius 2 is 2.04 bits per heavy atom. The van der Waals surface area contributed by atoms with Crippen LogP contribution in [0.25, 0.3) is 0 Å². The third-order valence-corrected chi connectivity index (χ3v) is 3.54. The number of thiocarbonyl (C=S) groups is 1. The number of nitrogens with zero attached hydrogens (tertiary/aromatic N) is 1. The van der Waals surface area contributed by atoms with E-state index in [4.69, 9.17) is 21.7 Å². The lowest BCUT2D eigenvalue weighted by molar-refractivity contribution is 0.284. The molecule has 2 aromatic rings. The quantitative estimate of drug-likeness (QED) is 0.321. The van der Waals surface area contributed by atoms with Gasteiger partial charge in [-0.1, -0.05) is 24.3 Å². The third-order valence-electron chi connectivity index (χ3n) is 3.30. The topological polar surface area (TPSA) is 54.9 Å². The molecule has 0 aliphatic rings. The van der Waals surface area contributed by atoms with Crippen molar-refractivity contribution in [1.82, 2.24) is 10.7 Å². The molecule has 2 aromatic carbocycles. The summed E-state index contributed by atoms with van der Waals surface area (Å²) >= 11 is 5.07. The normalized spacial score (nSPS) is 10.4. The largest absolute Gasteiger partial charge is 0.493 e. The van der Waals surface area contributed by atoms with E-state index in [0.717, 1.165) is 5.56 Å². The van der Waals surface area contributed by atoms with Crippen molar-refractivity contribution in [1.29, 1.82) is 0 Å². The number of ether oxygens (including phenoxy) is 2. The summed E-state index contributed by atoms with van der Waals surface area (Å²) in [5.41, 5.74) is 4.27. The first-order valence-corrected chi connectivity index (χ1v) is 8.27. The van der Waals surface area contributed by atoms with Crippen LogP contribution in [0, 0.1) is 5.82 Å². The number of nitrogens with one attached hydrogen (secondary N) is 2. The summed E-state index contributed by atoms with van der Waals surface area (Å²) in [6.07, 6.45) is 3.28. The number of halogens is 1. The number of para-hydroxylation sites is 1. The molecule has 136 valence electrons. The zero-order chi connectivity index (χ0) is 18.8. The van der Waals surface area contributed by atoms with Gasteiger partial charge in [-0.3, -0.25) is 5.43 Å². The van der Waals surface area contributed by atoms with E-state index in [1.807, 2.05) is 12.1 Å². The van der Waals surface area contributed by atoms with E-state index < -0.39 is 0 Å². The molecule has 0 unspecified atom stereocenters. The van der Waals surface area contributed by atoms with Crippen LogP contribution in [0.4, 0.5) is 4.39 Å². The standard InChI is InChI=1S/C19H20FN3O2S/c1-3-11-21-19(26)23-22-12-15-5-4-6-17(24-2)18(15)25-13-14-7-9-16(20)10-8-14/h3-10,12H,1,11,13H2,2H3,(H2,21,23,26)/b22-12+. The lowest BCUT2D eigenvalue weighted by atomic mass is 10.2. The molecule has 26 heavy (non-hydrogen) atoms.